The highest BCUT2D eigenvalue weighted by Crippen LogP contribution is 2.17. The lowest BCUT2D eigenvalue weighted by atomic mass is 10.3. The highest BCUT2D eigenvalue weighted by atomic mass is 32.1. The molecule has 6 heteroatoms. The minimum absolute atomic E-state index is 0.388. The molecule has 2 aromatic rings. The molecule has 1 aromatic carbocycles. The van der Waals surface area contributed by atoms with Gasteiger partial charge in [0.25, 0.3) is 5.91 Å². The lowest BCUT2D eigenvalue weighted by Gasteiger charge is -2.13. The zero-order chi connectivity index (χ0) is 15.4. The Morgan fingerprint density at radius 1 is 1.24 bits per heavy atom. The second kappa shape index (κ2) is 6.49. The maximum absolute atomic E-state index is 12.8. The number of esters is 1. The molecule has 0 bridgehead atoms. The topological polar surface area (TPSA) is 55.4 Å². The fourth-order valence-corrected chi connectivity index (χ4v) is 2.43. The summed E-state index contributed by atoms with van der Waals surface area (Å²) < 4.78 is 17.9. The number of carbonyl (C=O) groups excluding carboxylic acids is 2. The second-order valence-electron chi connectivity index (χ2n) is 4.48. The molecule has 1 aromatic heterocycles. The Morgan fingerprint density at radius 2 is 1.90 bits per heavy atom. The van der Waals surface area contributed by atoms with E-state index in [0.717, 1.165) is 5.56 Å². The van der Waals surface area contributed by atoms with Gasteiger partial charge < -0.3 is 10.1 Å². The van der Waals surface area contributed by atoms with Crippen LogP contribution in [-0.2, 0) is 9.53 Å². The number of rotatable bonds is 4. The van der Waals surface area contributed by atoms with Gasteiger partial charge in [-0.25, -0.2) is 9.18 Å². The van der Waals surface area contributed by atoms with Crippen LogP contribution in [0.15, 0.2) is 35.7 Å². The summed E-state index contributed by atoms with van der Waals surface area (Å²) in [6, 6.07) is 7.16. The number of anilines is 1. The van der Waals surface area contributed by atoms with E-state index in [1.54, 1.807) is 12.3 Å². The molecule has 0 unspecified atom stereocenters. The van der Waals surface area contributed by atoms with Gasteiger partial charge >= 0.3 is 5.97 Å². The molecule has 0 saturated heterocycles. The van der Waals surface area contributed by atoms with Crippen molar-refractivity contribution in [2.45, 2.75) is 20.0 Å². The summed E-state index contributed by atoms with van der Waals surface area (Å²) in [5, 5.41) is 4.34. The average Bonchev–Trinajstić information content (AvgIpc) is 2.87. The van der Waals surface area contributed by atoms with Gasteiger partial charge in [-0.05, 0) is 55.1 Å². The van der Waals surface area contributed by atoms with Crippen molar-refractivity contribution in [2.75, 3.05) is 5.32 Å². The Balaban J connectivity index is 1.95. The van der Waals surface area contributed by atoms with Crippen LogP contribution in [0, 0.1) is 12.7 Å². The third kappa shape index (κ3) is 3.88. The van der Waals surface area contributed by atoms with E-state index < -0.39 is 18.0 Å². The van der Waals surface area contributed by atoms with Crippen molar-refractivity contribution in [3.63, 3.8) is 0 Å². The first-order chi connectivity index (χ1) is 9.97. The predicted octanol–water partition coefficient (Wildman–Crippen LogP) is 3.38. The molecule has 2 rings (SSSR count). The number of amides is 1. The fraction of sp³-hybridized carbons (Fsp3) is 0.200. The zero-order valence-electron chi connectivity index (χ0n) is 11.6. The summed E-state index contributed by atoms with van der Waals surface area (Å²) in [5.41, 5.74) is 1.26. The molecule has 0 aliphatic carbocycles. The molecular weight excluding hydrogens is 293 g/mol. The number of hydrogen-bond acceptors (Lipinski definition) is 4. The van der Waals surface area contributed by atoms with Crippen LogP contribution in [0.4, 0.5) is 10.1 Å². The molecular formula is C15H14FNO3S. The number of benzene rings is 1. The molecule has 0 aliphatic heterocycles. The van der Waals surface area contributed by atoms with Crippen LogP contribution in [0.3, 0.4) is 0 Å². The van der Waals surface area contributed by atoms with E-state index in [2.05, 4.69) is 5.32 Å². The maximum atomic E-state index is 12.8. The normalized spacial score (nSPS) is 11.8. The van der Waals surface area contributed by atoms with Crippen molar-refractivity contribution in [2.24, 2.45) is 0 Å². The smallest absolute Gasteiger partial charge is 0.349 e. The summed E-state index contributed by atoms with van der Waals surface area (Å²) in [4.78, 5) is 24.3. The van der Waals surface area contributed by atoms with Crippen LogP contribution < -0.4 is 5.32 Å². The van der Waals surface area contributed by atoms with Gasteiger partial charge in [-0.15, -0.1) is 11.3 Å². The standard InChI is InChI=1S/C15H14FNO3S/c1-9-7-8-21-13(9)15(19)20-10(2)14(18)17-12-5-3-11(16)4-6-12/h3-8,10H,1-2H3,(H,17,18)/t10-/m0/s1. The van der Waals surface area contributed by atoms with Crippen molar-refractivity contribution in [1.29, 1.82) is 0 Å². The Morgan fingerprint density at radius 3 is 2.48 bits per heavy atom. The van der Waals surface area contributed by atoms with Gasteiger partial charge in [-0.2, -0.15) is 0 Å². The first kappa shape index (κ1) is 15.2. The molecule has 0 fully saturated rings. The fourth-order valence-electron chi connectivity index (χ4n) is 1.63. The van der Waals surface area contributed by atoms with Crippen LogP contribution in [0.25, 0.3) is 0 Å². The monoisotopic (exact) mass is 307 g/mol. The van der Waals surface area contributed by atoms with Crippen molar-refractivity contribution in [3.05, 3.63) is 52.0 Å². The van der Waals surface area contributed by atoms with Crippen LogP contribution in [0.1, 0.15) is 22.2 Å². The Kier molecular flexibility index (Phi) is 4.70. The zero-order valence-corrected chi connectivity index (χ0v) is 12.4. The van der Waals surface area contributed by atoms with Crippen molar-refractivity contribution in [3.8, 4) is 0 Å². The van der Waals surface area contributed by atoms with Crippen molar-refractivity contribution >= 4 is 28.9 Å². The minimum Gasteiger partial charge on any atom is -0.448 e. The number of halogens is 1. The van der Waals surface area contributed by atoms with E-state index in [0.29, 0.717) is 10.6 Å². The van der Waals surface area contributed by atoms with E-state index in [4.69, 9.17) is 4.74 Å². The second-order valence-corrected chi connectivity index (χ2v) is 5.39. The lowest BCUT2D eigenvalue weighted by Crippen LogP contribution is -2.29. The summed E-state index contributed by atoms with van der Waals surface area (Å²) in [5.74, 6) is -1.38. The number of carbonyl (C=O) groups is 2. The number of ether oxygens (including phenoxy) is 1. The summed E-state index contributed by atoms with van der Waals surface area (Å²) in [6.45, 7) is 3.29. The van der Waals surface area contributed by atoms with E-state index in [1.807, 2.05) is 6.07 Å². The van der Waals surface area contributed by atoms with E-state index in [9.17, 15) is 14.0 Å². The van der Waals surface area contributed by atoms with Crippen LogP contribution >= 0.6 is 11.3 Å². The molecule has 1 amide bonds. The van der Waals surface area contributed by atoms with Gasteiger partial charge in [0.1, 0.15) is 10.7 Å². The highest BCUT2D eigenvalue weighted by Gasteiger charge is 2.20. The van der Waals surface area contributed by atoms with Gasteiger partial charge in [0.15, 0.2) is 6.10 Å². The van der Waals surface area contributed by atoms with Crippen LogP contribution in [-0.4, -0.2) is 18.0 Å². The van der Waals surface area contributed by atoms with Crippen molar-refractivity contribution < 1.29 is 18.7 Å². The van der Waals surface area contributed by atoms with E-state index >= 15 is 0 Å². The molecule has 0 saturated carbocycles. The molecule has 4 nitrogen and oxygen atoms in total. The first-order valence-corrected chi connectivity index (χ1v) is 7.17. The average molecular weight is 307 g/mol. The lowest BCUT2D eigenvalue weighted by molar-refractivity contribution is -0.123. The van der Waals surface area contributed by atoms with Gasteiger partial charge in [-0.1, -0.05) is 0 Å². The number of nitrogens with one attached hydrogen (secondary N) is 1. The third-order valence-corrected chi connectivity index (χ3v) is 3.81. The van der Waals surface area contributed by atoms with Gasteiger partial charge in [0.05, 0.1) is 0 Å². The molecule has 0 radical (unpaired) electrons. The van der Waals surface area contributed by atoms with Crippen LogP contribution in [0.2, 0.25) is 0 Å². The first-order valence-electron chi connectivity index (χ1n) is 6.29. The van der Waals surface area contributed by atoms with Gasteiger partial charge in [0.2, 0.25) is 0 Å². The Labute approximate surface area is 125 Å². The molecule has 1 heterocycles. The minimum atomic E-state index is -0.941. The molecule has 0 aliphatic rings. The summed E-state index contributed by atoms with van der Waals surface area (Å²) in [6.07, 6.45) is -0.941. The number of aryl methyl sites for hydroxylation is 1. The molecule has 1 N–H and O–H groups in total. The third-order valence-electron chi connectivity index (χ3n) is 2.81. The van der Waals surface area contributed by atoms with Crippen LogP contribution in [0.5, 0.6) is 0 Å². The maximum Gasteiger partial charge on any atom is 0.349 e. The number of hydrogen-bond donors (Lipinski definition) is 1. The van der Waals surface area contributed by atoms with Gasteiger partial charge in [-0.3, -0.25) is 4.79 Å². The summed E-state index contributed by atoms with van der Waals surface area (Å²) >= 11 is 1.27. The predicted molar refractivity (Wildman–Crippen MR) is 79.0 cm³/mol. The summed E-state index contributed by atoms with van der Waals surface area (Å²) in [7, 11) is 0. The SMILES string of the molecule is Cc1ccsc1C(=O)O[C@@H](C)C(=O)Nc1ccc(F)cc1. The number of thiophene rings is 1. The largest absolute Gasteiger partial charge is 0.448 e. The molecule has 21 heavy (non-hydrogen) atoms. The van der Waals surface area contributed by atoms with Crippen molar-refractivity contribution in [1.82, 2.24) is 0 Å². The molecule has 0 spiro atoms. The molecule has 110 valence electrons. The molecule has 1 atom stereocenters. The quantitative estimate of drug-likeness (QED) is 0.881. The van der Waals surface area contributed by atoms with E-state index in [1.165, 1.54) is 42.5 Å². The van der Waals surface area contributed by atoms with Gasteiger partial charge in [0, 0.05) is 5.69 Å². The Bertz CT molecular complexity index is 651. The highest BCUT2D eigenvalue weighted by molar-refractivity contribution is 7.12. The van der Waals surface area contributed by atoms with E-state index in [-0.39, 0.29) is 5.82 Å². The Hall–Kier alpha value is -2.21.